The number of hydrogen-bond donors (Lipinski definition) is 2. The summed E-state index contributed by atoms with van der Waals surface area (Å²) in [7, 11) is 0. The zero-order chi connectivity index (χ0) is 13.1. The average molecular weight is 307 g/mol. The maximum absolute atomic E-state index is 12.0. The molecule has 0 unspecified atom stereocenters. The van der Waals surface area contributed by atoms with Crippen LogP contribution in [-0.2, 0) is 0 Å². The minimum Gasteiger partial charge on any atom is -0.383 e. The summed E-state index contributed by atoms with van der Waals surface area (Å²) < 4.78 is 0.698. The van der Waals surface area contributed by atoms with Gasteiger partial charge in [-0.2, -0.15) is 0 Å². The molecule has 2 aromatic rings. The number of pyridine rings is 2. The number of nitrogen functional groups attached to an aromatic ring is 1. The lowest BCUT2D eigenvalue weighted by molar-refractivity contribution is 0.102. The van der Waals surface area contributed by atoms with Crippen LogP contribution in [0.4, 0.5) is 11.5 Å². The van der Waals surface area contributed by atoms with Crippen LogP contribution in [0.1, 0.15) is 15.9 Å². The maximum atomic E-state index is 12.0. The second kappa shape index (κ2) is 5.14. The Labute approximate surface area is 113 Å². The van der Waals surface area contributed by atoms with E-state index in [0.29, 0.717) is 15.7 Å². The zero-order valence-corrected chi connectivity index (χ0v) is 11.2. The molecule has 0 bridgehead atoms. The fourth-order valence-corrected chi connectivity index (χ4v) is 1.78. The molecule has 0 saturated carbocycles. The molecule has 92 valence electrons. The summed E-state index contributed by atoms with van der Waals surface area (Å²) in [6.07, 6.45) is 4.83. The number of carbonyl (C=O) groups is 1. The molecular weight excluding hydrogens is 296 g/mol. The third-order valence-electron chi connectivity index (χ3n) is 2.26. The van der Waals surface area contributed by atoms with Gasteiger partial charge in [-0.05, 0) is 40.5 Å². The van der Waals surface area contributed by atoms with Crippen molar-refractivity contribution < 1.29 is 4.79 Å². The summed E-state index contributed by atoms with van der Waals surface area (Å²) in [6.45, 7) is 1.90. The van der Waals surface area contributed by atoms with E-state index in [-0.39, 0.29) is 11.7 Å². The van der Waals surface area contributed by atoms with E-state index in [0.717, 1.165) is 5.56 Å². The van der Waals surface area contributed by atoms with Crippen LogP contribution in [0, 0.1) is 6.92 Å². The molecule has 6 heteroatoms. The number of aryl methyl sites for hydroxylation is 1. The Balaban J connectivity index is 2.24. The molecule has 0 saturated heterocycles. The molecule has 0 aromatic carbocycles. The molecule has 0 aliphatic rings. The number of rotatable bonds is 2. The second-order valence-corrected chi connectivity index (χ2v) is 4.71. The fraction of sp³-hybridized carbons (Fsp3) is 0.0833. The highest BCUT2D eigenvalue weighted by Crippen LogP contribution is 2.17. The van der Waals surface area contributed by atoms with Crippen molar-refractivity contribution in [2.45, 2.75) is 6.92 Å². The van der Waals surface area contributed by atoms with Crippen LogP contribution in [0.3, 0.4) is 0 Å². The minimum atomic E-state index is -0.311. The predicted molar refractivity (Wildman–Crippen MR) is 73.3 cm³/mol. The van der Waals surface area contributed by atoms with Crippen LogP contribution in [0.15, 0.2) is 35.2 Å². The smallest absolute Gasteiger partial charge is 0.259 e. The van der Waals surface area contributed by atoms with E-state index < -0.39 is 0 Å². The van der Waals surface area contributed by atoms with Gasteiger partial charge in [0.1, 0.15) is 5.82 Å². The Morgan fingerprint density at radius 3 is 2.83 bits per heavy atom. The van der Waals surface area contributed by atoms with Crippen molar-refractivity contribution in [2.75, 3.05) is 11.1 Å². The van der Waals surface area contributed by atoms with Crippen LogP contribution >= 0.6 is 15.9 Å². The molecule has 2 heterocycles. The van der Waals surface area contributed by atoms with Gasteiger partial charge >= 0.3 is 0 Å². The SMILES string of the molecule is Cc1cncc(NC(=O)c2cc(Br)cnc2N)c1. The molecule has 18 heavy (non-hydrogen) atoms. The van der Waals surface area contributed by atoms with E-state index in [1.165, 1.54) is 0 Å². The van der Waals surface area contributed by atoms with Gasteiger partial charge in [0, 0.05) is 16.9 Å². The van der Waals surface area contributed by atoms with Crippen LogP contribution in [0.25, 0.3) is 0 Å². The average Bonchev–Trinajstić information content (AvgIpc) is 2.32. The Bertz CT molecular complexity index is 600. The van der Waals surface area contributed by atoms with Crippen LogP contribution < -0.4 is 11.1 Å². The van der Waals surface area contributed by atoms with Crippen LogP contribution in [0.2, 0.25) is 0 Å². The quantitative estimate of drug-likeness (QED) is 0.892. The number of aromatic nitrogens is 2. The molecule has 0 aliphatic carbocycles. The highest BCUT2D eigenvalue weighted by molar-refractivity contribution is 9.10. The van der Waals surface area contributed by atoms with Crippen molar-refractivity contribution in [1.29, 1.82) is 0 Å². The predicted octanol–water partition coefficient (Wildman–Crippen LogP) is 2.38. The summed E-state index contributed by atoms with van der Waals surface area (Å²) in [4.78, 5) is 19.9. The first-order valence-electron chi connectivity index (χ1n) is 5.20. The lowest BCUT2D eigenvalue weighted by Gasteiger charge is -2.07. The maximum Gasteiger partial charge on any atom is 0.259 e. The van der Waals surface area contributed by atoms with Gasteiger partial charge in [0.2, 0.25) is 0 Å². The minimum absolute atomic E-state index is 0.191. The largest absolute Gasteiger partial charge is 0.383 e. The molecule has 3 N–H and O–H groups in total. The van der Waals surface area contributed by atoms with Crippen molar-refractivity contribution in [3.63, 3.8) is 0 Å². The molecule has 1 amide bonds. The highest BCUT2D eigenvalue weighted by Gasteiger charge is 2.11. The molecule has 5 nitrogen and oxygen atoms in total. The van der Waals surface area contributed by atoms with Crippen molar-refractivity contribution in [2.24, 2.45) is 0 Å². The molecule has 0 radical (unpaired) electrons. The number of nitrogens with two attached hydrogens (primary N) is 1. The normalized spacial score (nSPS) is 10.1. The number of carbonyl (C=O) groups excluding carboxylic acids is 1. The number of amides is 1. The number of nitrogens with zero attached hydrogens (tertiary/aromatic N) is 2. The van der Waals surface area contributed by atoms with Gasteiger partial charge in [0.25, 0.3) is 5.91 Å². The summed E-state index contributed by atoms with van der Waals surface area (Å²) in [6, 6.07) is 3.45. The molecule has 2 aromatic heterocycles. The van der Waals surface area contributed by atoms with Crippen LogP contribution in [-0.4, -0.2) is 15.9 Å². The van der Waals surface area contributed by atoms with Gasteiger partial charge in [-0.1, -0.05) is 0 Å². The summed E-state index contributed by atoms with van der Waals surface area (Å²) in [5, 5.41) is 2.72. The van der Waals surface area contributed by atoms with Gasteiger partial charge in [-0.25, -0.2) is 4.98 Å². The first-order valence-corrected chi connectivity index (χ1v) is 5.99. The van der Waals surface area contributed by atoms with Gasteiger partial charge in [-0.3, -0.25) is 9.78 Å². The third-order valence-corrected chi connectivity index (χ3v) is 2.70. The Morgan fingerprint density at radius 2 is 2.11 bits per heavy atom. The van der Waals surface area contributed by atoms with E-state index in [4.69, 9.17) is 5.73 Å². The van der Waals surface area contributed by atoms with E-state index in [9.17, 15) is 4.79 Å². The molecule has 2 rings (SSSR count). The van der Waals surface area contributed by atoms with E-state index in [2.05, 4.69) is 31.2 Å². The van der Waals surface area contributed by atoms with Crippen molar-refractivity contribution in [3.8, 4) is 0 Å². The summed E-state index contributed by atoms with van der Waals surface area (Å²) in [5.74, 6) is -0.120. The molecular formula is C12H11BrN4O. The topological polar surface area (TPSA) is 80.9 Å². The Morgan fingerprint density at radius 1 is 1.33 bits per heavy atom. The molecule has 0 aliphatic heterocycles. The van der Waals surface area contributed by atoms with Crippen molar-refractivity contribution in [3.05, 3.63) is 46.3 Å². The summed E-state index contributed by atoms with van der Waals surface area (Å²) >= 11 is 3.25. The van der Waals surface area contributed by atoms with E-state index in [1.807, 2.05) is 13.0 Å². The van der Waals surface area contributed by atoms with Gasteiger partial charge in [0.15, 0.2) is 0 Å². The zero-order valence-electron chi connectivity index (χ0n) is 9.64. The number of nitrogens with one attached hydrogen (secondary N) is 1. The van der Waals surface area contributed by atoms with E-state index in [1.54, 1.807) is 24.7 Å². The molecule has 0 fully saturated rings. The first kappa shape index (κ1) is 12.5. The van der Waals surface area contributed by atoms with Crippen LogP contribution in [0.5, 0.6) is 0 Å². The van der Waals surface area contributed by atoms with Gasteiger partial charge in [-0.15, -0.1) is 0 Å². The lowest BCUT2D eigenvalue weighted by Crippen LogP contribution is -2.15. The number of anilines is 2. The van der Waals surface area contributed by atoms with Gasteiger partial charge in [0.05, 0.1) is 17.4 Å². The number of hydrogen-bond acceptors (Lipinski definition) is 4. The first-order chi connectivity index (χ1) is 8.56. The van der Waals surface area contributed by atoms with Crippen molar-refractivity contribution >= 4 is 33.3 Å². The van der Waals surface area contributed by atoms with E-state index >= 15 is 0 Å². The van der Waals surface area contributed by atoms with Crippen molar-refractivity contribution in [1.82, 2.24) is 9.97 Å². The lowest BCUT2D eigenvalue weighted by atomic mass is 10.2. The Hall–Kier alpha value is -1.95. The molecule has 0 atom stereocenters. The molecule has 0 spiro atoms. The fourth-order valence-electron chi connectivity index (χ4n) is 1.45. The Kier molecular flexibility index (Phi) is 3.57. The second-order valence-electron chi connectivity index (χ2n) is 3.79. The standard InChI is InChI=1S/C12H11BrN4O/c1-7-2-9(6-15-4-7)17-12(18)10-3-8(13)5-16-11(10)14/h2-6H,1H3,(H2,14,16)(H,17,18). The number of halogens is 1. The highest BCUT2D eigenvalue weighted by atomic mass is 79.9. The van der Waals surface area contributed by atoms with Gasteiger partial charge < -0.3 is 11.1 Å². The third kappa shape index (κ3) is 2.84. The summed E-state index contributed by atoms with van der Waals surface area (Å²) in [5.41, 5.74) is 7.58. The monoisotopic (exact) mass is 306 g/mol.